The minimum absolute atomic E-state index is 0.00956. The van der Waals surface area contributed by atoms with E-state index in [1.807, 2.05) is 44.2 Å². The first kappa shape index (κ1) is 66.9. The summed E-state index contributed by atoms with van der Waals surface area (Å²) in [5.41, 5.74) is 4.90. The lowest BCUT2D eigenvalue weighted by atomic mass is 9.85. The van der Waals surface area contributed by atoms with Gasteiger partial charge in [0.15, 0.2) is 56.4 Å². The molecule has 0 radical (unpaired) electrons. The van der Waals surface area contributed by atoms with E-state index in [1.54, 1.807) is 109 Å². The predicted molar refractivity (Wildman–Crippen MR) is 357 cm³/mol. The molecule has 0 saturated carbocycles. The van der Waals surface area contributed by atoms with Crippen molar-refractivity contribution in [1.82, 2.24) is 0 Å². The maximum absolute atomic E-state index is 13.4. The number of hydrogen-bond donors (Lipinski definition) is 0. The average Bonchev–Trinajstić information content (AvgIpc) is 1.57. The molecule has 2 unspecified atom stereocenters. The molecule has 4 aliphatic carbocycles. The summed E-state index contributed by atoms with van der Waals surface area (Å²) in [4.78, 5) is 102. The first-order valence-electron chi connectivity index (χ1n) is 29.9. The summed E-state index contributed by atoms with van der Waals surface area (Å²) in [5, 5.41) is -0.691. The van der Waals surface area contributed by atoms with Gasteiger partial charge < -0.3 is 17.7 Å². The fourth-order valence-electron chi connectivity index (χ4n) is 11.6. The Balaban J connectivity index is 0.000000120. The highest BCUT2D eigenvalue weighted by molar-refractivity contribution is 7.91. The van der Waals surface area contributed by atoms with E-state index in [-0.39, 0.29) is 110 Å². The number of aryl methyl sites for hydroxylation is 2. The van der Waals surface area contributed by atoms with Crippen molar-refractivity contribution in [3.8, 4) is 22.3 Å². The van der Waals surface area contributed by atoms with Crippen molar-refractivity contribution in [3.05, 3.63) is 319 Å². The highest BCUT2D eigenvalue weighted by atomic mass is 32.2. The maximum atomic E-state index is 13.4. The van der Waals surface area contributed by atoms with Crippen LogP contribution < -0.4 is 0 Å². The van der Waals surface area contributed by atoms with E-state index < -0.39 is 98.5 Å². The fourth-order valence-corrected chi connectivity index (χ4v) is 15.4. The molecular weight excluding hydrogens is 1370 g/mol. The highest BCUT2D eigenvalue weighted by Gasteiger charge is 2.42. The van der Waals surface area contributed by atoms with Crippen LogP contribution >= 0.6 is 0 Å². The molecule has 12 aromatic rings. The van der Waals surface area contributed by atoms with Crippen LogP contribution in [0, 0.1) is 25.5 Å². The Morgan fingerprint density at radius 3 is 1.24 bits per heavy atom. The number of rotatable bonds is 8. The molecule has 2 atom stereocenters. The lowest BCUT2D eigenvalue weighted by Crippen LogP contribution is -2.19. The SMILES string of the molecule is CS(=O)(=O)c1oc2c(c1-c1ccccc1)C(=O)c1ccccc1C2=O.CS(=O)c1oc2c(c1-c1ccccc1)C(=O)c1ccccc1C2=O.Cc1ccc(S(=O)(=O)c2cc3c(o2)C(=O)c2cc(F)ccc2C3=O)cc1.Cc1ccc(S(=O)c2cc3c(o2)C(=O)c2cc(F)ccc2C3=O)cc1. The van der Waals surface area contributed by atoms with Crippen molar-refractivity contribution in [2.75, 3.05) is 12.5 Å². The third-order valence-corrected chi connectivity index (χ3v) is 21.1. The standard InChI is InChI=1S/C19H11FO5S.C19H11FO4S.C19H12O5S.C19H12O4S/c1-10-2-5-12(6-3-10)26(23,24)16-9-15-17(21)13-7-4-11(20)8-14(13)18(22)19(15)25-16;1-10-2-5-12(6-3-10)25(23)16-9-15-17(21)13-7-4-11(20)8-14(13)18(22)19(15)24-16;1-25(22,23)19-14(11-7-3-2-4-8-11)15-16(20)12-9-5-6-10-13(12)17(21)18(15)24-19;1-24(22)19-14(11-7-3-2-4-8-11)15-16(20)12-9-5-6-10-13(12)17(21)18(15)23-19/h2-9H,1H3;2-9H,1H3;2-10H,1H3;2-10H,1H3. The zero-order valence-corrected chi connectivity index (χ0v) is 55.6. The molecular formula is C76H46F2O18S4. The summed E-state index contributed by atoms with van der Waals surface area (Å²) in [6, 6.07) is 52.8. The van der Waals surface area contributed by atoms with E-state index in [2.05, 4.69) is 0 Å². The number of hydrogen-bond acceptors (Lipinski definition) is 18. The summed E-state index contributed by atoms with van der Waals surface area (Å²) >= 11 is 0. The maximum Gasteiger partial charge on any atom is 0.239 e. The molecule has 24 heteroatoms. The van der Waals surface area contributed by atoms with Crippen LogP contribution in [0.1, 0.15) is 139 Å². The first-order chi connectivity index (χ1) is 47.7. The van der Waals surface area contributed by atoms with E-state index >= 15 is 0 Å². The topological polar surface area (TPSA) is 292 Å². The fraction of sp³-hybridized carbons (Fsp3) is 0.0526. The van der Waals surface area contributed by atoms with Gasteiger partial charge >= 0.3 is 0 Å². The molecule has 0 amide bonds. The second-order valence-corrected chi connectivity index (χ2v) is 29.5. The van der Waals surface area contributed by atoms with Gasteiger partial charge in [-0.3, -0.25) is 42.6 Å². The van der Waals surface area contributed by atoms with Gasteiger partial charge in [-0.2, -0.15) is 0 Å². The number of sulfone groups is 2. The van der Waals surface area contributed by atoms with E-state index in [0.717, 1.165) is 47.7 Å². The largest absolute Gasteiger partial charge is 0.443 e. The quantitative estimate of drug-likeness (QED) is 0.136. The van der Waals surface area contributed by atoms with Crippen LogP contribution in [-0.2, 0) is 41.3 Å². The molecule has 496 valence electrons. The molecule has 4 heterocycles. The third kappa shape index (κ3) is 11.8. The summed E-state index contributed by atoms with van der Waals surface area (Å²) in [7, 11) is -11.0. The molecule has 8 aromatic carbocycles. The molecule has 4 aromatic heterocycles. The highest BCUT2D eigenvalue weighted by Crippen LogP contribution is 2.43. The Kier molecular flexibility index (Phi) is 17.4. The van der Waals surface area contributed by atoms with Crippen molar-refractivity contribution in [2.45, 2.75) is 44.0 Å². The van der Waals surface area contributed by atoms with Gasteiger partial charge in [-0.15, -0.1) is 0 Å². The summed E-state index contributed by atoms with van der Waals surface area (Å²) in [6.07, 6.45) is 2.46. The van der Waals surface area contributed by atoms with Crippen molar-refractivity contribution in [1.29, 1.82) is 0 Å². The molecule has 16 rings (SSSR count). The normalized spacial score (nSPS) is 13.8. The Hall–Kier alpha value is -11.7. The zero-order chi connectivity index (χ0) is 71.0. The van der Waals surface area contributed by atoms with Crippen molar-refractivity contribution in [3.63, 3.8) is 0 Å². The number of ketones is 8. The number of carbonyl (C=O) groups excluding carboxylic acids is 8. The third-order valence-electron chi connectivity index (χ3n) is 16.5. The van der Waals surface area contributed by atoms with Crippen molar-refractivity contribution in [2.24, 2.45) is 0 Å². The Labute approximate surface area is 571 Å². The van der Waals surface area contributed by atoms with Gasteiger partial charge in [0.25, 0.3) is 0 Å². The van der Waals surface area contributed by atoms with E-state index in [0.29, 0.717) is 32.7 Å². The number of furan rings is 4. The average molecular weight is 1410 g/mol. The van der Waals surface area contributed by atoms with Gasteiger partial charge in [0.1, 0.15) is 22.4 Å². The van der Waals surface area contributed by atoms with Gasteiger partial charge in [-0.05, 0) is 85.6 Å². The Morgan fingerprint density at radius 2 is 0.760 bits per heavy atom. The van der Waals surface area contributed by atoms with Crippen LogP contribution in [0.25, 0.3) is 22.3 Å². The lowest BCUT2D eigenvalue weighted by Gasteiger charge is -2.13. The number of carbonyl (C=O) groups is 8. The molecule has 0 saturated heterocycles. The number of halogens is 2. The minimum atomic E-state index is -4.04. The molecule has 0 N–H and O–H groups in total. The Bertz CT molecular complexity index is 5840. The monoisotopic (exact) mass is 1410 g/mol. The molecule has 0 fully saturated rings. The van der Waals surface area contributed by atoms with Crippen LogP contribution in [0.2, 0.25) is 0 Å². The summed E-state index contributed by atoms with van der Waals surface area (Å²) in [5.74, 6) is -5.98. The van der Waals surface area contributed by atoms with Crippen LogP contribution in [0.4, 0.5) is 8.78 Å². The number of benzene rings is 8. The molecule has 0 aliphatic heterocycles. The van der Waals surface area contributed by atoms with Gasteiger partial charge in [0, 0.05) is 79.6 Å². The van der Waals surface area contributed by atoms with E-state index in [4.69, 9.17) is 17.7 Å². The van der Waals surface area contributed by atoms with Gasteiger partial charge in [-0.1, -0.05) is 145 Å². The predicted octanol–water partition coefficient (Wildman–Crippen LogP) is 13.6. The van der Waals surface area contributed by atoms with Crippen LogP contribution in [-0.4, -0.2) is 84.0 Å². The minimum Gasteiger partial charge on any atom is -0.443 e. The molecule has 100 heavy (non-hydrogen) atoms. The molecule has 0 spiro atoms. The molecule has 0 bridgehead atoms. The second-order valence-electron chi connectivity index (χ2n) is 23.0. The van der Waals surface area contributed by atoms with Crippen LogP contribution in [0.3, 0.4) is 0 Å². The molecule has 18 nitrogen and oxygen atoms in total. The van der Waals surface area contributed by atoms with Gasteiger partial charge in [-0.25, -0.2) is 29.8 Å². The summed E-state index contributed by atoms with van der Waals surface area (Å²) < 4.78 is 123. The van der Waals surface area contributed by atoms with E-state index in [1.165, 1.54) is 42.7 Å². The lowest BCUT2D eigenvalue weighted by molar-refractivity contribution is 0.0956. The van der Waals surface area contributed by atoms with Crippen molar-refractivity contribution >= 4 is 87.5 Å². The van der Waals surface area contributed by atoms with Crippen LogP contribution in [0.5, 0.6) is 0 Å². The Morgan fingerprint density at radius 1 is 0.360 bits per heavy atom. The zero-order valence-electron chi connectivity index (χ0n) is 52.4. The molecule has 4 aliphatic rings. The van der Waals surface area contributed by atoms with Gasteiger partial charge in [0.2, 0.25) is 53.0 Å². The van der Waals surface area contributed by atoms with E-state index in [9.17, 15) is 72.4 Å². The van der Waals surface area contributed by atoms with Gasteiger partial charge in [0.05, 0.1) is 43.5 Å². The smallest absolute Gasteiger partial charge is 0.239 e. The van der Waals surface area contributed by atoms with Crippen molar-refractivity contribution < 1.29 is 90.1 Å². The van der Waals surface area contributed by atoms with Crippen LogP contribution in [0.15, 0.2) is 254 Å². The summed E-state index contributed by atoms with van der Waals surface area (Å²) in [6.45, 7) is 3.72. The number of fused-ring (bicyclic) bond motifs is 8. The first-order valence-corrected chi connectivity index (χ1v) is 36.0. The second kappa shape index (κ2) is 25.9.